The molecule has 1 aliphatic carbocycles. The van der Waals surface area contributed by atoms with Crippen molar-refractivity contribution in [2.75, 3.05) is 11.4 Å². The molecule has 0 radical (unpaired) electrons. The number of piperidine rings is 1. The van der Waals surface area contributed by atoms with Gasteiger partial charge in [-0.15, -0.1) is 11.3 Å². The second-order valence-corrected chi connectivity index (χ2v) is 9.07. The molecule has 2 aromatic heterocycles. The first-order valence-corrected chi connectivity index (χ1v) is 11.3. The molecule has 1 saturated heterocycles. The van der Waals surface area contributed by atoms with Crippen LogP contribution in [0, 0.1) is 0 Å². The predicted octanol–water partition coefficient (Wildman–Crippen LogP) is 6.27. The first kappa shape index (κ1) is 17.4. The summed E-state index contributed by atoms with van der Waals surface area (Å²) in [6.45, 7) is 3.34. The minimum Gasteiger partial charge on any atom is -0.353 e. The average molecular weight is 398 g/mol. The Morgan fingerprint density at radius 3 is 2.78 bits per heavy atom. The smallest absolute Gasteiger partial charge is 0.225 e. The van der Waals surface area contributed by atoms with Crippen molar-refractivity contribution in [1.29, 1.82) is 0 Å². The lowest BCUT2D eigenvalue weighted by molar-refractivity contribution is 0.482. The predicted molar refractivity (Wildman–Crippen MR) is 115 cm³/mol. The molecule has 5 heteroatoms. The number of fused-ring (bicyclic) bond motifs is 2. The Morgan fingerprint density at radius 2 is 1.93 bits per heavy atom. The second-order valence-electron chi connectivity index (χ2n) is 7.87. The van der Waals surface area contributed by atoms with Crippen LogP contribution in [-0.4, -0.2) is 22.6 Å². The third kappa shape index (κ3) is 3.13. The number of anilines is 1. The number of hydrogen-bond donors (Lipinski definition) is 0. The second kappa shape index (κ2) is 7.06. The zero-order chi connectivity index (χ0) is 18.4. The van der Waals surface area contributed by atoms with E-state index in [4.69, 9.17) is 16.6 Å². The molecular formula is C22H24ClN3S. The van der Waals surface area contributed by atoms with Crippen LogP contribution >= 0.6 is 22.9 Å². The van der Waals surface area contributed by atoms with E-state index < -0.39 is 0 Å². The molecule has 140 valence electrons. The first-order valence-electron chi connectivity index (χ1n) is 10.0. The monoisotopic (exact) mass is 397 g/mol. The summed E-state index contributed by atoms with van der Waals surface area (Å²) in [7, 11) is 0. The molecule has 1 unspecified atom stereocenters. The summed E-state index contributed by atoms with van der Waals surface area (Å²) < 4.78 is 0. The molecule has 0 bridgehead atoms. The van der Waals surface area contributed by atoms with Crippen LogP contribution in [0.1, 0.15) is 50.2 Å². The SMILES string of the molecule is CC1CCCCN1c1nc(Cl)nc2scc(-c3ccc4c(c3)CCCC4)c12. The maximum absolute atomic E-state index is 6.30. The van der Waals surface area contributed by atoms with Crippen LogP contribution < -0.4 is 4.90 Å². The summed E-state index contributed by atoms with van der Waals surface area (Å²) in [6, 6.07) is 7.49. The maximum atomic E-state index is 6.30. The Bertz CT molecular complexity index is 997. The van der Waals surface area contributed by atoms with Crippen molar-refractivity contribution in [3.8, 4) is 11.1 Å². The van der Waals surface area contributed by atoms with Gasteiger partial charge in [0.1, 0.15) is 10.6 Å². The topological polar surface area (TPSA) is 29.0 Å². The Balaban J connectivity index is 1.67. The number of rotatable bonds is 2. The van der Waals surface area contributed by atoms with Crippen molar-refractivity contribution < 1.29 is 0 Å². The lowest BCUT2D eigenvalue weighted by Crippen LogP contribution is -2.38. The molecule has 0 spiro atoms. The van der Waals surface area contributed by atoms with E-state index in [1.807, 2.05) is 0 Å². The third-order valence-corrected chi connectivity index (χ3v) is 7.16. The minimum atomic E-state index is 0.356. The van der Waals surface area contributed by atoms with Gasteiger partial charge in [0.25, 0.3) is 0 Å². The van der Waals surface area contributed by atoms with Crippen molar-refractivity contribution in [2.45, 2.75) is 57.9 Å². The summed E-state index contributed by atoms with van der Waals surface area (Å²) >= 11 is 7.98. The van der Waals surface area contributed by atoms with Gasteiger partial charge < -0.3 is 4.90 Å². The fraction of sp³-hybridized carbons (Fsp3) is 0.455. The molecule has 0 amide bonds. The summed E-state index contributed by atoms with van der Waals surface area (Å²) in [5.41, 5.74) is 5.58. The molecule has 2 aliphatic rings. The van der Waals surface area contributed by atoms with Crippen LogP contribution in [0.15, 0.2) is 23.6 Å². The number of nitrogens with zero attached hydrogens (tertiary/aromatic N) is 3. The average Bonchev–Trinajstić information content (AvgIpc) is 3.11. The van der Waals surface area contributed by atoms with Crippen LogP contribution in [0.3, 0.4) is 0 Å². The van der Waals surface area contributed by atoms with Gasteiger partial charge in [-0.3, -0.25) is 0 Å². The van der Waals surface area contributed by atoms with E-state index in [1.165, 1.54) is 72.6 Å². The molecular weight excluding hydrogens is 374 g/mol. The van der Waals surface area contributed by atoms with Gasteiger partial charge in [-0.25, -0.2) is 4.98 Å². The van der Waals surface area contributed by atoms with Crippen LogP contribution in [-0.2, 0) is 12.8 Å². The lowest BCUT2D eigenvalue weighted by atomic mass is 9.89. The van der Waals surface area contributed by atoms with E-state index in [0.717, 1.165) is 17.2 Å². The highest BCUT2D eigenvalue weighted by atomic mass is 35.5. The zero-order valence-corrected chi connectivity index (χ0v) is 17.2. The number of benzene rings is 1. The number of aromatic nitrogens is 2. The quantitative estimate of drug-likeness (QED) is 0.477. The van der Waals surface area contributed by atoms with Gasteiger partial charge in [0.2, 0.25) is 5.28 Å². The van der Waals surface area contributed by atoms with Crippen molar-refractivity contribution in [3.05, 3.63) is 40.0 Å². The molecule has 3 nitrogen and oxygen atoms in total. The normalized spacial score (nSPS) is 20.1. The van der Waals surface area contributed by atoms with Crippen LogP contribution in [0.5, 0.6) is 0 Å². The molecule has 0 saturated carbocycles. The standard InChI is InChI=1S/C22H24ClN3S/c1-14-6-4-5-11-26(14)20-19-18(13-27-21(19)25-22(23)24-20)17-10-9-15-7-2-3-8-16(15)12-17/h9-10,12-14H,2-8,11H2,1H3. The summed E-state index contributed by atoms with van der Waals surface area (Å²) in [5.74, 6) is 1.02. The molecule has 1 atom stereocenters. The summed E-state index contributed by atoms with van der Waals surface area (Å²) in [6.07, 6.45) is 8.75. The number of hydrogen-bond acceptors (Lipinski definition) is 4. The van der Waals surface area contributed by atoms with E-state index in [0.29, 0.717) is 11.3 Å². The fourth-order valence-corrected chi connectivity index (χ4v) is 5.79. The first-order chi connectivity index (χ1) is 13.2. The zero-order valence-electron chi connectivity index (χ0n) is 15.7. The van der Waals surface area contributed by atoms with Crippen LogP contribution in [0.2, 0.25) is 5.28 Å². The highest BCUT2D eigenvalue weighted by Gasteiger charge is 2.25. The van der Waals surface area contributed by atoms with Crippen molar-refractivity contribution in [1.82, 2.24) is 9.97 Å². The number of halogens is 1. The molecule has 1 fully saturated rings. The van der Waals surface area contributed by atoms with E-state index in [2.05, 4.69) is 40.4 Å². The summed E-state index contributed by atoms with van der Waals surface area (Å²) in [5, 5.41) is 3.77. The van der Waals surface area contributed by atoms with Crippen molar-refractivity contribution in [3.63, 3.8) is 0 Å². The third-order valence-electron chi connectivity index (χ3n) is 6.12. The molecule has 5 rings (SSSR count). The molecule has 3 heterocycles. The highest BCUT2D eigenvalue weighted by molar-refractivity contribution is 7.17. The minimum absolute atomic E-state index is 0.356. The van der Waals surface area contributed by atoms with Gasteiger partial charge in [0, 0.05) is 23.5 Å². The molecule has 1 aliphatic heterocycles. The van der Waals surface area contributed by atoms with Gasteiger partial charge in [-0.05, 0) is 80.2 Å². The molecule has 1 aromatic carbocycles. The Kier molecular flexibility index (Phi) is 4.57. The van der Waals surface area contributed by atoms with E-state index in [1.54, 1.807) is 11.3 Å². The Morgan fingerprint density at radius 1 is 1.07 bits per heavy atom. The van der Waals surface area contributed by atoms with Crippen molar-refractivity contribution >= 4 is 39.0 Å². The van der Waals surface area contributed by atoms with Gasteiger partial charge in [0.05, 0.1) is 5.39 Å². The Labute approximate surface area is 169 Å². The van der Waals surface area contributed by atoms with Crippen LogP contribution in [0.4, 0.5) is 5.82 Å². The molecule has 0 N–H and O–H groups in total. The number of aryl methyl sites for hydroxylation is 2. The van der Waals surface area contributed by atoms with E-state index in [-0.39, 0.29) is 0 Å². The van der Waals surface area contributed by atoms with Gasteiger partial charge in [0.15, 0.2) is 0 Å². The lowest BCUT2D eigenvalue weighted by Gasteiger charge is -2.35. The van der Waals surface area contributed by atoms with E-state index in [9.17, 15) is 0 Å². The fourth-order valence-electron chi connectivity index (χ4n) is 4.63. The molecule has 27 heavy (non-hydrogen) atoms. The van der Waals surface area contributed by atoms with E-state index >= 15 is 0 Å². The molecule has 3 aromatic rings. The number of thiophene rings is 1. The van der Waals surface area contributed by atoms with Crippen LogP contribution in [0.25, 0.3) is 21.3 Å². The van der Waals surface area contributed by atoms with Gasteiger partial charge in [-0.2, -0.15) is 4.98 Å². The largest absolute Gasteiger partial charge is 0.353 e. The maximum Gasteiger partial charge on any atom is 0.225 e. The summed E-state index contributed by atoms with van der Waals surface area (Å²) in [4.78, 5) is 12.7. The van der Waals surface area contributed by atoms with Gasteiger partial charge in [-0.1, -0.05) is 18.2 Å². The highest BCUT2D eigenvalue weighted by Crippen LogP contribution is 2.41. The Hall–Kier alpha value is -1.65. The van der Waals surface area contributed by atoms with Crippen molar-refractivity contribution in [2.24, 2.45) is 0 Å². The van der Waals surface area contributed by atoms with Gasteiger partial charge >= 0.3 is 0 Å².